The van der Waals surface area contributed by atoms with Gasteiger partial charge < -0.3 is 10.2 Å². The van der Waals surface area contributed by atoms with Gasteiger partial charge in [-0.3, -0.25) is 9.78 Å². The fourth-order valence-electron chi connectivity index (χ4n) is 2.51. The minimum absolute atomic E-state index is 0.323. The van der Waals surface area contributed by atoms with E-state index in [-0.39, 0.29) is 5.91 Å². The minimum Gasteiger partial charge on any atom is -0.371 e. The molecule has 2 heterocycles. The summed E-state index contributed by atoms with van der Waals surface area (Å²) in [6.07, 6.45) is 4.01. The van der Waals surface area contributed by atoms with Crippen molar-refractivity contribution in [3.63, 3.8) is 0 Å². The summed E-state index contributed by atoms with van der Waals surface area (Å²) in [5, 5.41) is 3.53. The average Bonchev–Trinajstić information content (AvgIpc) is 3.05. The van der Waals surface area contributed by atoms with Crippen LogP contribution in [0.25, 0.3) is 0 Å². The van der Waals surface area contributed by atoms with E-state index in [0.29, 0.717) is 21.4 Å². The highest BCUT2D eigenvalue weighted by atomic mass is 35.5. The number of aromatic nitrogens is 1. The summed E-state index contributed by atoms with van der Waals surface area (Å²) in [6.45, 7) is 2.03. The van der Waals surface area contributed by atoms with Gasteiger partial charge >= 0.3 is 0 Å². The summed E-state index contributed by atoms with van der Waals surface area (Å²) in [4.78, 5) is 18.8. The molecule has 0 spiro atoms. The third-order valence-corrected chi connectivity index (χ3v) is 4.28. The Morgan fingerprint density at radius 3 is 2.50 bits per heavy atom. The van der Waals surface area contributed by atoms with E-state index in [1.807, 2.05) is 6.07 Å². The van der Waals surface area contributed by atoms with Crippen LogP contribution >= 0.6 is 23.2 Å². The van der Waals surface area contributed by atoms with Gasteiger partial charge in [-0.1, -0.05) is 29.3 Å². The lowest BCUT2D eigenvalue weighted by molar-refractivity contribution is 0.102. The largest absolute Gasteiger partial charge is 0.371 e. The maximum absolute atomic E-state index is 12.4. The van der Waals surface area contributed by atoms with Crippen molar-refractivity contribution in [3.8, 4) is 0 Å². The lowest BCUT2D eigenvalue weighted by Crippen LogP contribution is -2.19. The zero-order chi connectivity index (χ0) is 15.5. The van der Waals surface area contributed by atoms with Crippen LogP contribution in [0.4, 0.5) is 11.4 Å². The molecule has 3 rings (SSSR count). The number of anilines is 2. The Balaban J connectivity index is 1.82. The topological polar surface area (TPSA) is 45.2 Å². The Bertz CT molecular complexity index is 679. The monoisotopic (exact) mass is 335 g/mol. The molecule has 1 saturated heterocycles. The van der Waals surface area contributed by atoms with E-state index in [2.05, 4.69) is 15.2 Å². The Morgan fingerprint density at radius 2 is 1.82 bits per heavy atom. The molecule has 22 heavy (non-hydrogen) atoms. The molecule has 1 aromatic heterocycles. The summed E-state index contributed by atoms with van der Waals surface area (Å²) in [5.41, 5.74) is 1.77. The molecule has 0 aliphatic carbocycles. The number of nitrogens with one attached hydrogen (secondary N) is 1. The normalized spacial score (nSPS) is 14.2. The number of para-hydroxylation sites is 1. The molecule has 1 aliphatic heterocycles. The highest BCUT2D eigenvalue weighted by Gasteiger charge is 2.16. The molecular formula is C16H15Cl2N3O. The third-order valence-electron chi connectivity index (χ3n) is 3.65. The van der Waals surface area contributed by atoms with Crippen molar-refractivity contribution in [2.75, 3.05) is 23.3 Å². The first-order chi connectivity index (χ1) is 10.6. The standard InChI is InChI=1S/C16H15Cl2N3O/c17-12-4-3-5-13(18)15(12)20-16(22)14-10-11(6-7-19-14)21-8-1-2-9-21/h3-7,10H,1-2,8-9H2,(H,20,22). The Hall–Kier alpha value is -1.78. The van der Waals surface area contributed by atoms with Gasteiger partial charge in [-0.2, -0.15) is 0 Å². The van der Waals surface area contributed by atoms with Gasteiger partial charge in [-0.05, 0) is 37.1 Å². The van der Waals surface area contributed by atoms with E-state index in [0.717, 1.165) is 18.8 Å². The maximum atomic E-state index is 12.4. The predicted octanol–water partition coefficient (Wildman–Crippen LogP) is 4.24. The van der Waals surface area contributed by atoms with Crippen LogP contribution in [-0.4, -0.2) is 24.0 Å². The van der Waals surface area contributed by atoms with E-state index in [1.54, 1.807) is 30.5 Å². The number of nitrogens with zero attached hydrogens (tertiary/aromatic N) is 2. The van der Waals surface area contributed by atoms with Crippen molar-refractivity contribution >= 4 is 40.5 Å². The number of hydrogen-bond acceptors (Lipinski definition) is 3. The van der Waals surface area contributed by atoms with Crippen LogP contribution < -0.4 is 10.2 Å². The molecule has 2 aromatic rings. The van der Waals surface area contributed by atoms with E-state index >= 15 is 0 Å². The Morgan fingerprint density at radius 1 is 1.14 bits per heavy atom. The number of pyridine rings is 1. The molecule has 1 aromatic carbocycles. The van der Waals surface area contributed by atoms with Crippen LogP contribution in [0.15, 0.2) is 36.5 Å². The van der Waals surface area contributed by atoms with Crippen LogP contribution in [0.2, 0.25) is 10.0 Å². The number of hydrogen-bond donors (Lipinski definition) is 1. The SMILES string of the molecule is O=C(Nc1c(Cl)cccc1Cl)c1cc(N2CCCC2)ccn1. The van der Waals surface area contributed by atoms with E-state index in [4.69, 9.17) is 23.2 Å². The van der Waals surface area contributed by atoms with E-state index < -0.39 is 0 Å². The molecule has 0 bridgehead atoms. The second kappa shape index (κ2) is 6.55. The summed E-state index contributed by atoms with van der Waals surface area (Å²) in [5.74, 6) is -0.323. The van der Waals surface area contributed by atoms with Crippen molar-refractivity contribution in [1.29, 1.82) is 0 Å². The number of halogens is 2. The molecule has 114 valence electrons. The van der Waals surface area contributed by atoms with Crippen molar-refractivity contribution in [1.82, 2.24) is 4.98 Å². The molecule has 0 unspecified atom stereocenters. The quantitative estimate of drug-likeness (QED) is 0.912. The third kappa shape index (κ3) is 3.18. The van der Waals surface area contributed by atoms with Gasteiger partial charge in [0, 0.05) is 25.0 Å². The second-order valence-corrected chi connectivity index (χ2v) is 5.96. The molecule has 0 atom stereocenters. The molecule has 4 nitrogen and oxygen atoms in total. The number of carbonyl (C=O) groups excluding carboxylic acids is 1. The molecule has 1 aliphatic rings. The predicted molar refractivity (Wildman–Crippen MR) is 90.1 cm³/mol. The second-order valence-electron chi connectivity index (χ2n) is 5.14. The molecule has 1 fully saturated rings. The number of amides is 1. The van der Waals surface area contributed by atoms with Gasteiger partial charge in [0.25, 0.3) is 5.91 Å². The first-order valence-corrected chi connectivity index (χ1v) is 7.87. The van der Waals surface area contributed by atoms with Crippen molar-refractivity contribution < 1.29 is 4.79 Å². The summed E-state index contributed by atoms with van der Waals surface area (Å²) in [6, 6.07) is 8.80. The fraction of sp³-hybridized carbons (Fsp3) is 0.250. The molecule has 0 radical (unpaired) electrons. The number of benzene rings is 1. The highest BCUT2D eigenvalue weighted by molar-refractivity contribution is 6.40. The Kier molecular flexibility index (Phi) is 4.50. The highest BCUT2D eigenvalue weighted by Crippen LogP contribution is 2.30. The minimum atomic E-state index is -0.323. The summed E-state index contributed by atoms with van der Waals surface area (Å²) < 4.78 is 0. The maximum Gasteiger partial charge on any atom is 0.274 e. The van der Waals surface area contributed by atoms with Gasteiger partial charge in [-0.15, -0.1) is 0 Å². The van der Waals surface area contributed by atoms with E-state index in [9.17, 15) is 4.79 Å². The zero-order valence-electron chi connectivity index (χ0n) is 11.9. The summed E-state index contributed by atoms with van der Waals surface area (Å²) in [7, 11) is 0. The summed E-state index contributed by atoms with van der Waals surface area (Å²) >= 11 is 12.1. The van der Waals surface area contributed by atoms with Crippen LogP contribution in [-0.2, 0) is 0 Å². The lowest BCUT2D eigenvalue weighted by atomic mass is 10.2. The molecule has 1 amide bonds. The molecule has 6 heteroatoms. The van der Waals surface area contributed by atoms with Gasteiger partial charge in [-0.25, -0.2) is 0 Å². The number of rotatable bonds is 3. The fourth-order valence-corrected chi connectivity index (χ4v) is 3.00. The van der Waals surface area contributed by atoms with Crippen molar-refractivity contribution in [2.45, 2.75) is 12.8 Å². The van der Waals surface area contributed by atoms with Gasteiger partial charge in [0.05, 0.1) is 15.7 Å². The van der Waals surface area contributed by atoms with Gasteiger partial charge in [0.1, 0.15) is 5.69 Å². The van der Waals surface area contributed by atoms with E-state index in [1.165, 1.54) is 12.8 Å². The van der Waals surface area contributed by atoms with Crippen LogP contribution in [0, 0.1) is 0 Å². The molecule has 1 N–H and O–H groups in total. The van der Waals surface area contributed by atoms with Crippen LogP contribution in [0.3, 0.4) is 0 Å². The zero-order valence-corrected chi connectivity index (χ0v) is 13.4. The smallest absolute Gasteiger partial charge is 0.274 e. The van der Waals surface area contributed by atoms with Crippen LogP contribution in [0.5, 0.6) is 0 Å². The van der Waals surface area contributed by atoms with Crippen LogP contribution in [0.1, 0.15) is 23.3 Å². The first kappa shape index (κ1) is 15.1. The van der Waals surface area contributed by atoms with Crippen molar-refractivity contribution in [2.24, 2.45) is 0 Å². The van der Waals surface area contributed by atoms with Gasteiger partial charge in [0.2, 0.25) is 0 Å². The molecular weight excluding hydrogens is 321 g/mol. The lowest BCUT2D eigenvalue weighted by Gasteiger charge is -2.17. The first-order valence-electron chi connectivity index (χ1n) is 7.11. The number of carbonyl (C=O) groups is 1. The van der Waals surface area contributed by atoms with Crippen molar-refractivity contribution in [3.05, 3.63) is 52.3 Å². The molecule has 0 saturated carbocycles. The average molecular weight is 336 g/mol. The van der Waals surface area contributed by atoms with Gasteiger partial charge in [0.15, 0.2) is 0 Å². The Labute approximate surface area is 139 Å².